The highest BCUT2D eigenvalue weighted by atomic mass is 32.1. The van der Waals surface area contributed by atoms with Crippen molar-refractivity contribution in [1.82, 2.24) is 35.4 Å². The number of nitrogens with zero attached hydrogens (tertiary/aromatic N) is 6. The van der Waals surface area contributed by atoms with Crippen molar-refractivity contribution in [2.45, 2.75) is 19.5 Å². The fourth-order valence-electron chi connectivity index (χ4n) is 2.28. The number of amides is 1. The van der Waals surface area contributed by atoms with Gasteiger partial charge in [0, 0.05) is 27.5 Å². The minimum atomic E-state index is 0. The maximum atomic E-state index is 11.6. The van der Waals surface area contributed by atoms with Gasteiger partial charge in [0.05, 0.1) is 25.0 Å². The zero-order valence-corrected chi connectivity index (χ0v) is 16.1. The number of aromatic nitrogens is 5. The van der Waals surface area contributed by atoms with Crippen molar-refractivity contribution in [3.8, 4) is 10.6 Å². The molecule has 1 amide bonds. The molecule has 2 heterocycles. The second-order valence-electron chi connectivity index (χ2n) is 6.10. The van der Waals surface area contributed by atoms with E-state index in [4.69, 9.17) is 0 Å². The summed E-state index contributed by atoms with van der Waals surface area (Å²) in [5, 5.41) is 21.5. The van der Waals surface area contributed by atoms with Crippen molar-refractivity contribution < 1.29 is 6.22 Å². The molecule has 1 N–H and O–H groups in total. The van der Waals surface area contributed by atoms with E-state index in [0.717, 1.165) is 15.6 Å². The van der Waals surface area contributed by atoms with Crippen molar-refractivity contribution in [1.29, 1.82) is 0 Å². The van der Waals surface area contributed by atoms with E-state index >= 15 is 0 Å². The Labute approximate surface area is 163 Å². The topological polar surface area (TPSA) is 88.8 Å². The highest BCUT2D eigenvalue weighted by Gasteiger charge is 2.10. The summed E-state index contributed by atoms with van der Waals surface area (Å²) >= 11 is 1.53. The lowest BCUT2D eigenvalue weighted by Gasteiger charge is -2.09. The molecular weight excluding hydrogens is 362 g/mol. The van der Waals surface area contributed by atoms with Crippen LogP contribution in [-0.4, -0.2) is 50.1 Å². The number of hydrogen-bond acceptors (Lipinski definition) is 7. The average Bonchev–Trinajstić information content (AvgIpc) is 3.34. The minimum absolute atomic E-state index is 0. The Kier molecular flexibility index (Phi) is 5.92. The Morgan fingerprint density at radius 1 is 1.26 bits per heavy atom. The Morgan fingerprint density at radius 3 is 2.78 bits per heavy atom. The molecule has 142 valence electrons. The molecule has 27 heavy (non-hydrogen) atoms. The summed E-state index contributed by atoms with van der Waals surface area (Å²) in [6.45, 7) is 4.99. The van der Waals surface area contributed by atoms with E-state index in [0.29, 0.717) is 30.9 Å². The van der Waals surface area contributed by atoms with Crippen LogP contribution in [0.1, 0.15) is 18.5 Å². The second-order valence-corrected chi connectivity index (χ2v) is 7.17. The molecule has 0 aliphatic rings. The van der Waals surface area contributed by atoms with Crippen molar-refractivity contribution in [2.24, 2.45) is 0 Å². The van der Waals surface area contributed by atoms with Gasteiger partial charge in [0.2, 0.25) is 5.91 Å². The van der Waals surface area contributed by atoms with Crippen LogP contribution in [0.25, 0.3) is 16.3 Å². The van der Waals surface area contributed by atoms with Crippen LogP contribution >= 0.6 is 11.3 Å². The van der Waals surface area contributed by atoms with E-state index < -0.39 is 0 Å². The summed E-state index contributed by atoms with van der Waals surface area (Å²) in [5.41, 5.74) is 2.34. The number of rotatable bonds is 8. The summed E-state index contributed by atoms with van der Waals surface area (Å²) < 4.78 is 1.64. The lowest BCUT2D eigenvalue weighted by Crippen LogP contribution is -2.23. The quantitative estimate of drug-likeness (QED) is 0.640. The van der Waals surface area contributed by atoms with Gasteiger partial charge in [-0.15, -0.1) is 15.3 Å². The first-order chi connectivity index (χ1) is 13.0. The van der Waals surface area contributed by atoms with Gasteiger partial charge < -0.3 is 10.2 Å². The van der Waals surface area contributed by atoms with Gasteiger partial charge in [-0.05, 0) is 0 Å². The van der Waals surface area contributed by atoms with Crippen LogP contribution in [0.3, 0.4) is 0 Å². The van der Waals surface area contributed by atoms with E-state index in [9.17, 15) is 4.79 Å². The molecule has 0 fully saturated rings. The van der Waals surface area contributed by atoms with E-state index in [-0.39, 0.29) is 7.33 Å². The van der Waals surface area contributed by atoms with Gasteiger partial charge >= 0.3 is 0 Å². The summed E-state index contributed by atoms with van der Waals surface area (Å²) in [7, 11) is 3.47. The van der Waals surface area contributed by atoms with Crippen LogP contribution < -0.4 is 5.32 Å². The maximum Gasteiger partial charge on any atom is 0.223 e. The molecule has 0 radical (unpaired) electrons. The first-order valence-corrected chi connectivity index (χ1v) is 9.26. The largest absolute Gasteiger partial charge is 0.377 e. The molecule has 0 saturated carbocycles. The first kappa shape index (κ1) is 18.7. The fourth-order valence-corrected chi connectivity index (χ4v) is 3.06. The average molecular weight is 385 g/mol. The molecule has 0 spiro atoms. The lowest BCUT2D eigenvalue weighted by atomic mass is 10.2. The summed E-state index contributed by atoms with van der Waals surface area (Å²) in [4.78, 5) is 13.2. The molecule has 0 aliphatic heterocycles. The highest BCUT2D eigenvalue weighted by molar-refractivity contribution is 7.14. The van der Waals surface area contributed by atoms with E-state index in [1.54, 1.807) is 29.9 Å². The normalized spacial score (nSPS) is 10.6. The van der Waals surface area contributed by atoms with E-state index in [2.05, 4.69) is 32.4 Å². The summed E-state index contributed by atoms with van der Waals surface area (Å²) in [6, 6.07) is 9.95. The third-order valence-electron chi connectivity index (χ3n) is 3.84. The molecule has 9 heteroatoms. The lowest BCUT2D eigenvalue weighted by molar-refractivity contribution is -0.128. The number of nitrogens with one attached hydrogen (secondary N) is 1. The van der Waals surface area contributed by atoms with Gasteiger partial charge in [-0.3, -0.25) is 9.48 Å². The Hall–Kier alpha value is -3.07. The van der Waals surface area contributed by atoms with E-state index in [1.807, 2.05) is 30.3 Å². The minimum Gasteiger partial charge on any atom is -0.377 e. The molecular formula is C18H23N7OS. The van der Waals surface area contributed by atoms with Crippen LogP contribution in [0, 0.1) is 0 Å². The zero-order valence-electron chi connectivity index (χ0n) is 15.3. The van der Waals surface area contributed by atoms with Crippen LogP contribution in [0.15, 0.2) is 43.1 Å². The van der Waals surface area contributed by atoms with Gasteiger partial charge in [0.15, 0.2) is 0 Å². The molecule has 1 aromatic carbocycles. The van der Waals surface area contributed by atoms with Crippen LogP contribution in [0.4, 0.5) is 0 Å². The first-order valence-electron chi connectivity index (χ1n) is 8.44. The predicted molar refractivity (Wildman–Crippen MR) is 107 cm³/mol. The van der Waals surface area contributed by atoms with Crippen molar-refractivity contribution in [2.75, 3.05) is 14.1 Å². The number of carbonyl (C=O) groups excluding carboxylic acids is 1. The van der Waals surface area contributed by atoms with Gasteiger partial charge in [0.1, 0.15) is 15.7 Å². The summed E-state index contributed by atoms with van der Waals surface area (Å²) in [6.07, 6.45) is 2.15. The van der Waals surface area contributed by atoms with Crippen molar-refractivity contribution in [3.05, 3.63) is 53.8 Å². The Morgan fingerprint density at radius 2 is 2.04 bits per heavy atom. The molecule has 0 unspecified atom stereocenters. The maximum absolute atomic E-state index is 11.6. The molecule has 0 saturated heterocycles. The smallest absolute Gasteiger partial charge is 0.223 e. The van der Waals surface area contributed by atoms with Crippen molar-refractivity contribution in [3.63, 3.8) is 0 Å². The van der Waals surface area contributed by atoms with Crippen molar-refractivity contribution >= 4 is 22.9 Å². The third kappa shape index (κ3) is 4.98. The SMILES string of the molecule is C=C(NCc1nnc(-c2ccccc2)s1)c1cn(CCC(=O)N(C)C)nn1.[HH]. The standard InChI is InChI=1S/C18H21N7OS.H2/c1-13(15-12-25(23-20-15)10-9-17(26)24(2)3)19-11-16-21-22-18(27-16)14-7-5-4-6-8-14;/h4-8,12,19H,1,9-11H2,2-3H3;1H. The molecule has 0 bridgehead atoms. The van der Waals surface area contributed by atoms with Gasteiger partial charge in [-0.2, -0.15) is 0 Å². The number of hydrogen-bond donors (Lipinski definition) is 1. The van der Waals surface area contributed by atoms with Crippen LogP contribution in [0.5, 0.6) is 0 Å². The Balaban J connectivity index is 0.00000280. The Bertz CT molecular complexity index is 923. The van der Waals surface area contributed by atoms with Crippen LogP contribution in [-0.2, 0) is 17.9 Å². The van der Waals surface area contributed by atoms with Crippen LogP contribution in [0.2, 0.25) is 0 Å². The zero-order chi connectivity index (χ0) is 19.2. The number of aryl methyl sites for hydroxylation is 1. The number of benzene rings is 1. The monoisotopic (exact) mass is 385 g/mol. The van der Waals surface area contributed by atoms with Gasteiger partial charge in [-0.25, -0.2) is 0 Å². The molecule has 3 aromatic rings. The second kappa shape index (κ2) is 8.54. The summed E-state index contributed by atoms with van der Waals surface area (Å²) in [5.74, 6) is 0.0505. The van der Waals surface area contributed by atoms with Gasteiger partial charge in [-0.1, -0.05) is 53.5 Å². The predicted octanol–water partition coefficient (Wildman–Crippen LogP) is 2.28. The van der Waals surface area contributed by atoms with E-state index in [1.165, 1.54) is 11.3 Å². The third-order valence-corrected chi connectivity index (χ3v) is 4.81. The number of carbonyl (C=O) groups is 1. The molecule has 0 aliphatic carbocycles. The molecule has 3 rings (SSSR count). The van der Waals surface area contributed by atoms with Gasteiger partial charge in [0.25, 0.3) is 0 Å². The molecule has 0 atom stereocenters. The fraction of sp³-hybridized carbons (Fsp3) is 0.278. The highest BCUT2D eigenvalue weighted by Crippen LogP contribution is 2.23. The molecule has 2 aromatic heterocycles. The molecule has 8 nitrogen and oxygen atoms in total.